The van der Waals surface area contributed by atoms with Crippen LogP contribution in [0.4, 0.5) is 0 Å². The fraction of sp³-hybridized carbons (Fsp3) is 0.125. The highest BCUT2D eigenvalue weighted by atomic mass is 35.5. The number of amides is 1. The van der Waals surface area contributed by atoms with Gasteiger partial charge in [-0.25, -0.2) is 4.68 Å². The number of hydrogen-bond donors (Lipinski definition) is 1. The average molecular weight is 417 g/mol. The summed E-state index contributed by atoms with van der Waals surface area (Å²) < 4.78 is 1.60. The summed E-state index contributed by atoms with van der Waals surface area (Å²) in [5.41, 5.74) is 5.87. The molecule has 150 valence electrons. The van der Waals surface area contributed by atoms with Crippen molar-refractivity contribution in [2.24, 2.45) is 0 Å². The van der Waals surface area contributed by atoms with E-state index in [1.807, 2.05) is 42.5 Å². The van der Waals surface area contributed by atoms with Crippen molar-refractivity contribution in [1.29, 1.82) is 0 Å². The molecular formula is C24H21ClN4O. The molecule has 0 saturated heterocycles. The maximum Gasteiger partial charge on any atom is 0.270 e. The Hall–Kier alpha value is -3.44. The number of para-hydroxylation sites is 1. The molecule has 0 aliphatic heterocycles. The molecule has 1 N–H and O–H groups in total. The van der Waals surface area contributed by atoms with Gasteiger partial charge in [0.05, 0.1) is 28.6 Å². The minimum atomic E-state index is -0.247. The van der Waals surface area contributed by atoms with E-state index in [2.05, 4.69) is 36.3 Å². The highest BCUT2D eigenvalue weighted by molar-refractivity contribution is 6.32. The SMILES string of the molecule is Cc1ccc(-c2cc(C(=O)NCc3ccccn3)n(-c3ccccc3Cl)n2)cc1C. The number of benzene rings is 2. The molecule has 6 heteroatoms. The van der Waals surface area contributed by atoms with Crippen molar-refractivity contribution in [2.75, 3.05) is 0 Å². The van der Waals surface area contributed by atoms with Crippen LogP contribution in [0.25, 0.3) is 16.9 Å². The van der Waals surface area contributed by atoms with Crippen LogP contribution in [0.1, 0.15) is 27.3 Å². The molecule has 2 aromatic heterocycles. The minimum Gasteiger partial charge on any atom is -0.345 e. The number of carbonyl (C=O) groups excluding carboxylic acids is 1. The first kappa shape index (κ1) is 19.9. The van der Waals surface area contributed by atoms with Crippen molar-refractivity contribution in [1.82, 2.24) is 20.1 Å². The van der Waals surface area contributed by atoms with Gasteiger partial charge in [0.1, 0.15) is 5.69 Å². The Morgan fingerprint density at radius 3 is 2.53 bits per heavy atom. The summed E-state index contributed by atoms with van der Waals surface area (Å²) >= 11 is 6.41. The summed E-state index contributed by atoms with van der Waals surface area (Å²) in [5.74, 6) is -0.247. The molecule has 4 rings (SSSR count). The zero-order valence-electron chi connectivity index (χ0n) is 16.8. The van der Waals surface area contributed by atoms with E-state index in [-0.39, 0.29) is 5.91 Å². The van der Waals surface area contributed by atoms with Crippen LogP contribution in [0, 0.1) is 13.8 Å². The normalized spacial score (nSPS) is 10.8. The molecule has 0 bridgehead atoms. The number of pyridine rings is 1. The van der Waals surface area contributed by atoms with Gasteiger partial charge in [0.2, 0.25) is 0 Å². The molecule has 0 unspecified atom stereocenters. The standard InChI is InChI=1S/C24H21ClN4O/c1-16-10-11-18(13-17(16)2)21-14-23(24(30)27-15-19-7-5-6-12-26-19)29(28-21)22-9-4-3-8-20(22)25/h3-14H,15H2,1-2H3,(H,27,30). The molecule has 30 heavy (non-hydrogen) atoms. The summed E-state index contributed by atoms with van der Waals surface area (Å²) in [4.78, 5) is 17.3. The second-order valence-corrected chi connectivity index (χ2v) is 7.49. The predicted octanol–water partition coefficient (Wildman–Crippen LogP) is 5.13. The van der Waals surface area contributed by atoms with Crippen LogP contribution in [-0.2, 0) is 6.54 Å². The summed E-state index contributed by atoms with van der Waals surface area (Å²) in [6, 6.07) is 20.9. The molecular weight excluding hydrogens is 396 g/mol. The van der Waals surface area contributed by atoms with Crippen molar-refractivity contribution in [2.45, 2.75) is 20.4 Å². The number of hydrogen-bond acceptors (Lipinski definition) is 3. The van der Waals surface area contributed by atoms with Gasteiger partial charge in [0.15, 0.2) is 0 Å². The van der Waals surface area contributed by atoms with Gasteiger partial charge < -0.3 is 5.32 Å². The van der Waals surface area contributed by atoms with Crippen LogP contribution in [0.3, 0.4) is 0 Å². The van der Waals surface area contributed by atoms with Crippen LogP contribution in [0.5, 0.6) is 0 Å². The third kappa shape index (κ3) is 4.11. The third-order valence-corrected chi connectivity index (χ3v) is 5.30. The Kier molecular flexibility index (Phi) is 5.63. The van der Waals surface area contributed by atoms with Crippen LogP contribution < -0.4 is 5.32 Å². The summed E-state index contributed by atoms with van der Waals surface area (Å²) in [5, 5.41) is 8.16. The lowest BCUT2D eigenvalue weighted by Crippen LogP contribution is -2.25. The van der Waals surface area contributed by atoms with Crippen molar-refractivity contribution in [3.8, 4) is 16.9 Å². The topological polar surface area (TPSA) is 59.8 Å². The Balaban J connectivity index is 1.73. The lowest BCUT2D eigenvalue weighted by atomic mass is 10.0. The van der Waals surface area contributed by atoms with E-state index >= 15 is 0 Å². The van der Waals surface area contributed by atoms with E-state index in [0.717, 1.165) is 11.3 Å². The molecule has 0 aliphatic rings. The largest absolute Gasteiger partial charge is 0.345 e. The van der Waals surface area contributed by atoms with Gasteiger partial charge in [-0.1, -0.05) is 41.9 Å². The lowest BCUT2D eigenvalue weighted by Gasteiger charge is -2.09. The minimum absolute atomic E-state index is 0.247. The first-order chi connectivity index (χ1) is 14.5. The van der Waals surface area contributed by atoms with Gasteiger partial charge in [-0.3, -0.25) is 9.78 Å². The summed E-state index contributed by atoms with van der Waals surface area (Å²) in [6.07, 6.45) is 1.70. The second-order valence-electron chi connectivity index (χ2n) is 7.08. The van der Waals surface area contributed by atoms with Crippen molar-refractivity contribution in [3.05, 3.63) is 100 Å². The Morgan fingerprint density at radius 2 is 1.80 bits per heavy atom. The smallest absolute Gasteiger partial charge is 0.270 e. The molecule has 2 heterocycles. The first-order valence-corrected chi connectivity index (χ1v) is 10.0. The van der Waals surface area contributed by atoms with Crippen LogP contribution in [0.2, 0.25) is 5.02 Å². The quantitative estimate of drug-likeness (QED) is 0.490. The van der Waals surface area contributed by atoms with Crippen LogP contribution >= 0.6 is 11.6 Å². The number of nitrogens with zero attached hydrogens (tertiary/aromatic N) is 3. The molecule has 0 saturated carbocycles. The number of halogens is 1. The lowest BCUT2D eigenvalue weighted by molar-refractivity contribution is 0.0942. The number of aromatic nitrogens is 3. The predicted molar refractivity (Wildman–Crippen MR) is 119 cm³/mol. The molecule has 4 aromatic rings. The molecule has 0 aliphatic carbocycles. The van der Waals surface area contributed by atoms with Crippen LogP contribution in [-0.4, -0.2) is 20.7 Å². The molecule has 0 atom stereocenters. The summed E-state index contributed by atoms with van der Waals surface area (Å²) in [7, 11) is 0. The van der Waals surface area contributed by atoms with Gasteiger partial charge in [-0.15, -0.1) is 0 Å². The maximum atomic E-state index is 13.0. The first-order valence-electron chi connectivity index (χ1n) is 9.63. The number of aryl methyl sites for hydroxylation is 2. The Labute approximate surface area is 180 Å². The zero-order valence-corrected chi connectivity index (χ0v) is 17.5. The molecule has 0 spiro atoms. The molecule has 0 radical (unpaired) electrons. The molecule has 5 nitrogen and oxygen atoms in total. The number of nitrogens with one attached hydrogen (secondary N) is 1. The van der Waals surface area contributed by atoms with E-state index in [1.165, 1.54) is 11.1 Å². The number of carbonyl (C=O) groups is 1. The van der Waals surface area contributed by atoms with Crippen molar-refractivity contribution < 1.29 is 4.79 Å². The average Bonchev–Trinajstić information content (AvgIpc) is 3.20. The van der Waals surface area contributed by atoms with E-state index in [0.29, 0.717) is 28.6 Å². The Morgan fingerprint density at radius 1 is 1.00 bits per heavy atom. The highest BCUT2D eigenvalue weighted by Gasteiger charge is 2.19. The molecule has 2 aromatic carbocycles. The monoisotopic (exact) mass is 416 g/mol. The highest BCUT2D eigenvalue weighted by Crippen LogP contribution is 2.26. The van der Waals surface area contributed by atoms with E-state index in [9.17, 15) is 4.79 Å². The number of rotatable bonds is 5. The maximum absolute atomic E-state index is 13.0. The van der Waals surface area contributed by atoms with Gasteiger partial charge in [-0.05, 0) is 61.4 Å². The van der Waals surface area contributed by atoms with Crippen LogP contribution in [0.15, 0.2) is 72.9 Å². The zero-order chi connectivity index (χ0) is 21.1. The molecule has 0 fully saturated rings. The Bertz CT molecular complexity index is 1200. The van der Waals surface area contributed by atoms with Crippen molar-refractivity contribution in [3.63, 3.8) is 0 Å². The molecule has 1 amide bonds. The van der Waals surface area contributed by atoms with E-state index < -0.39 is 0 Å². The van der Waals surface area contributed by atoms with Gasteiger partial charge in [0, 0.05) is 11.8 Å². The van der Waals surface area contributed by atoms with Gasteiger partial charge in [-0.2, -0.15) is 5.10 Å². The van der Waals surface area contributed by atoms with E-state index in [1.54, 1.807) is 23.0 Å². The second kappa shape index (κ2) is 8.51. The van der Waals surface area contributed by atoms with E-state index in [4.69, 9.17) is 16.7 Å². The fourth-order valence-electron chi connectivity index (χ4n) is 3.16. The third-order valence-electron chi connectivity index (χ3n) is 4.98. The van der Waals surface area contributed by atoms with Gasteiger partial charge in [0.25, 0.3) is 5.91 Å². The van der Waals surface area contributed by atoms with Crippen molar-refractivity contribution >= 4 is 17.5 Å². The van der Waals surface area contributed by atoms with Gasteiger partial charge >= 0.3 is 0 Å². The summed E-state index contributed by atoms with van der Waals surface area (Å²) in [6.45, 7) is 4.45. The fourth-order valence-corrected chi connectivity index (χ4v) is 3.37.